The van der Waals surface area contributed by atoms with Crippen LogP contribution in [0.1, 0.15) is 76.4 Å². The molecule has 1 saturated carbocycles. The second kappa shape index (κ2) is 14.1. The number of nitrogens with zero attached hydrogens (tertiary/aromatic N) is 3. The third-order valence-electron chi connectivity index (χ3n) is 4.60. The molecule has 1 aliphatic carbocycles. The molecule has 2 rings (SSSR count). The molecule has 1 aliphatic rings. The first kappa shape index (κ1) is 24.1. The zero-order valence-corrected chi connectivity index (χ0v) is 19.3. The number of nitrogens with one attached hydrogen (secondary N) is 2. The highest BCUT2D eigenvalue weighted by molar-refractivity contribution is 14.0. The smallest absolute Gasteiger partial charge is 0.226 e. The van der Waals surface area contributed by atoms with Crippen molar-refractivity contribution >= 4 is 29.9 Å². The molecule has 0 atom stereocenters. The van der Waals surface area contributed by atoms with E-state index in [1.54, 1.807) is 7.05 Å². The Morgan fingerprint density at radius 3 is 2.52 bits per heavy atom. The Hall–Kier alpha value is -0.900. The maximum atomic E-state index is 5.94. The number of hydrogen-bond donors (Lipinski definition) is 2. The fourth-order valence-electron chi connectivity index (χ4n) is 3.03. The van der Waals surface area contributed by atoms with E-state index in [0.29, 0.717) is 17.9 Å². The van der Waals surface area contributed by atoms with Crippen molar-refractivity contribution in [2.75, 3.05) is 26.7 Å². The number of ether oxygens (including phenoxy) is 1. The van der Waals surface area contributed by atoms with Crippen molar-refractivity contribution in [1.82, 2.24) is 20.8 Å². The quantitative estimate of drug-likeness (QED) is 0.224. The molecular weight excluding hydrogens is 457 g/mol. The summed E-state index contributed by atoms with van der Waals surface area (Å²) in [6.45, 7) is 6.63. The molecule has 1 aromatic rings. The van der Waals surface area contributed by atoms with Crippen molar-refractivity contribution in [3.63, 3.8) is 0 Å². The Kier molecular flexibility index (Phi) is 12.6. The van der Waals surface area contributed by atoms with Gasteiger partial charge < -0.3 is 19.9 Å². The number of guanidine groups is 1. The molecule has 27 heavy (non-hydrogen) atoms. The van der Waals surface area contributed by atoms with Crippen LogP contribution in [0, 0.1) is 0 Å². The molecule has 0 radical (unpaired) electrons. The minimum absolute atomic E-state index is 0. The second-order valence-corrected chi connectivity index (χ2v) is 7.21. The summed E-state index contributed by atoms with van der Waals surface area (Å²) in [6, 6.07) is 0. The van der Waals surface area contributed by atoms with E-state index in [2.05, 4.69) is 39.6 Å². The molecule has 0 spiro atoms. The Morgan fingerprint density at radius 2 is 1.89 bits per heavy atom. The van der Waals surface area contributed by atoms with Crippen molar-refractivity contribution in [1.29, 1.82) is 0 Å². The predicted molar refractivity (Wildman–Crippen MR) is 119 cm³/mol. The van der Waals surface area contributed by atoms with Crippen LogP contribution >= 0.6 is 24.0 Å². The SMILES string of the molecule is CN=C(NCCCOC1CCCCC1)NCCCc1nc(C(C)C)no1.I. The maximum absolute atomic E-state index is 5.94. The molecule has 0 bridgehead atoms. The van der Waals surface area contributed by atoms with Gasteiger partial charge >= 0.3 is 0 Å². The fraction of sp³-hybridized carbons (Fsp3) is 0.842. The zero-order valence-electron chi connectivity index (χ0n) is 17.0. The third-order valence-corrected chi connectivity index (χ3v) is 4.60. The highest BCUT2D eigenvalue weighted by atomic mass is 127. The van der Waals surface area contributed by atoms with Crippen LogP contribution in [0.5, 0.6) is 0 Å². The van der Waals surface area contributed by atoms with Gasteiger partial charge in [-0.05, 0) is 25.7 Å². The topological polar surface area (TPSA) is 84.6 Å². The van der Waals surface area contributed by atoms with Crippen LogP contribution < -0.4 is 10.6 Å². The van der Waals surface area contributed by atoms with Gasteiger partial charge in [-0.2, -0.15) is 4.98 Å². The van der Waals surface area contributed by atoms with E-state index in [-0.39, 0.29) is 24.0 Å². The van der Waals surface area contributed by atoms with Gasteiger partial charge in [0.15, 0.2) is 11.8 Å². The lowest BCUT2D eigenvalue weighted by atomic mass is 9.98. The van der Waals surface area contributed by atoms with Gasteiger partial charge in [0.2, 0.25) is 5.89 Å². The largest absolute Gasteiger partial charge is 0.378 e. The van der Waals surface area contributed by atoms with Crippen molar-refractivity contribution < 1.29 is 9.26 Å². The van der Waals surface area contributed by atoms with Crippen LogP contribution in [0.2, 0.25) is 0 Å². The first-order valence-corrected chi connectivity index (χ1v) is 10.1. The molecule has 0 aromatic carbocycles. The summed E-state index contributed by atoms with van der Waals surface area (Å²) in [4.78, 5) is 8.64. The predicted octanol–water partition coefficient (Wildman–Crippen LogP) is 3.65. The van der Waals surface area contributed by atoms with E-state index in [9.17, 15) is 0 Å². The highest BCUT2D eigenvalue weighted by Crippen LogP contribution is 2.20. The van der Waals surface area contributed by atoms with Gasteiger partial charge in [0.1, 0.15) is 0 Å². The normalized spacial score (nSPS) is 15.6. The first-order valence-electron chi connectivity index (χ1n) is 10.1. The van der Waals surface area contributed by atoms with Crippen LogP contribution in [0.4, 0.5) is 0 Å². The Morgan fingerprint density at radius 1 is 1.19 bits per heavy atom. The number of aromatic nitrogens is 2. The average Bonchev–Trinajstić information content (AvgIpc) is 3.13. The number of hydrogen-bond acceptors (Lipinski definition) is 5. The van der Waals surface area contributed by atoms with E-state index in [0.717, 1.165) is 50.7 Å². The average molecular weight is 493 g/mol. The molecule has 0 saturated heterocycles. The molecule has 1 fully saturated rings. The van der Waals surface area contributed by atoms with Crippen molar-refractivity contribution in [3.8, 4) is 0 Å². The van der Waals surface area contributed by atoms with Gasteiger partial charge in [-0.15, -0.1) is 24.0 Å². The summed E-state index contributed by atoms with van der Waals surface area (Å²) in [6.07, 6.45) is 9.66. The number of aliphatic imine (C=N–C) groups is 1. The Labute approximate surface area is 180 Å². The summed E-state index contributed by atoms with van der Waals surface area (Å²) < 4.78 is 11.2. The second-order valence-electron chi connectivity index (χ2n) is 7.21. The van der Waals surface area contributed by atoms with Crippen LogP contribution in [0.3, 0.4) is 0 Å². The van der Waals surface area contributed by atoms with Crippen molar-refractivity contribution in [2.24, 2.45) is 4.99 Å². The minimum Gasteiger partial charge on any atom is -0.378 e. The molecule has 1 heterocycles. The van der Waals surface area contributed by atoms with E-state index >= 15 is 0 Å². The Bertz CT molecular complexity index is 530. The fourth-order valence-corrected chi connectivity index (χ4v) is 3.03. The Balaban J connectivity index is 0.00000364. The number of aryl methyl sites for hydroxylation is 1. The summed E-state index contributed by atoms with van der Waals surface area (Å²) in [5.41, 5.74) is 0. The summed E-state index contributed by atoms with van der Waals surface area (Å²) in [5.74, 6) is 2.62. The lowest BCUT2D eigenvalue weighted by molar-refractivity contribution is 0.0277. The summed E-state index contributed by atoms with van der Waals surface area (Å²) in [5, 5.41) is 10.6. The molecule has 1 aromatic heterocycles. The van der Waals surface area contributed by atoms with Crippen LogP contribution in [0.25, 0.3) is 0 Å². The zero-order chi connectivity index (χ0) is 18.6. The molecule has 0 aliphatic heterocycles. The lowest BCUT2D eigenvalue weighted by Crippen LogP contribution is -2.38. The van der Waals surface area contributed by atoms with Crippen molar-refractivity contribution in [3.05, 3.63) is 11.7 Å². The summed E-state index contributed by atoms with van der Waals surface area (Å²) >= 11 is 0. The molecule has 0 unspecified atom stereocenters. The molecule has 156 valence electrons. The number of halogens is 1. The monoisotopic (exact) mass is 493 g/mol. The lowest BCUT2D eigenvalue weighted by Gasteiger charge is -2.22. The summed E-state index contributed by atoms with van der Waals surface area (Å²) in [7, 11) is 1.79. The molecular formula is C19H36IN5O2. The third kappa shape index (κ3) is 9.73. The standard InChI is InChI=1S/C19H35N5O2.HI/c1-15(2)18-23-17(26-24-18)11-7-12-21-19(20-3)22-13-8-14-25-16-9-5-4-6-10-16;/h15-16H,4-14H2,1-3H3,(H2,20,21,22);1H. The van der Waals surface area contributed by atoms with Crippen LogP contribution in [0.15, 0.2) is 9.52 Å². The first-order chi connectivity index (χ1) is 12.7. The minimum atomic E-state index is 0. The van der Waals surface area contributed by atoms with Crippen LogP contribution in [-0.2, 0) is 11.2 Å². The highest BCUT2D eigenvalue weighted by Gasteiger charge is 2.13. The van der Waals surface area contributed by atoms with Gasteiger partial charge in [0, 0.05) is 39.1 Å². The van der Waals surface area contributed by atoms with Gasteiger partial charge in [0.25, 0.3) is 0 Å². The van der Waals surface area contributed by atoms with Gasteiger partial charge in [-0.25, -0.2) is 0 Å². The van der Waals surface area contributed by atoms with Gasteiger partial charge in [0.05, 0.1) is 6.10 Å². The molecule has 2 N–H and O–H groups in total. The van der Waals surface area contributed by atoms with E-state index in [4.69, 9.17) is 9.26 Å². The maximum Gasteiger partial charge on any atom is 0.226 e. The number of rotatable bonds is 10. The van der Waals surface area contributed by atoms with Gasteiger partial charge in [-0.1, -0.05) is 38.3 Å². The van der Waals surface area contributed by atoms with E-state index in [1.807, 2.05) is 0 Å². The molecule has 7 nitrogen and oxygen atoms in total. The van der Waals surface area contributed by atoms with E-state index < -0.39 is 0 Å². The van der Waals surface area contributed by atoms with Gasteiger partial charge in [-0.3, -0.25) is 4.99 Å². The van der Waals surface area contributed by atoms with Crippen LogP contribution in [-0.4, -0.2) is 48.9 Å². The van der Waals surface area contributed by atoms with Crippen molar-refractivity contribution in [2.45, 2.75) is 77.2 Å². The molecule has 0 amide bonds. The molecule has 8 heteroatoms. The van der Waals surface area contributed by atoms with E-state index in [1.165, 1.54) is 32.1 Å².